The second kappa shape index (κ2) is 15.3. The first-order valence-electron chi connectivity index (χ1n) is 22.7. The van der Waals surface area contributed by atoms with Crippen molar-refractivity contribution in [2.45, 2.75) is 63.8 Å². The van der Waals surface area contributed by atoms with Crippen molar-refractivity contribution in [1.82, 2.24) is 0 Å². The Labute approximate surface area is 367 Å². The van der Waals surface area contributed by atoms with E-state index >= 15 is 0 Å². The van der Waals surface area contributed by atoms with Crippen molar-refractivity contribution < 1.29 is 4.42 Å². The third kappa shape index (κ3) is 6.23. The molecule has 2 nitrogen and oxygen atoms in total. The second-order valence-electron chi connectivity index (χ2n) is 18.0. The van der Waals surface area contributed by atoms with Gasteiger partial charge >= 0.3 is 0 Å². The normalized spacial score (nSPS) is 21.3. The lowest BCUT2D eigenvalue weighted by Gasteiger charge is -2.35. The zero-order chi connectivity index (χ0) is 41.3. The first-order valence-corrected chi connectivity index (χ1v) is 23.5. The minimum atomic E-state index is -0.0230. The lowest BCUT2D eigenvalue weighted by atomic mass is 9.73. The molecule has 8 aromatic carbocycles. The molecule has 5 atom stereocenters. The molecule has 10 aromatic rings. The van der Waals surface area contributed by atoms with Crippen LogP contribution in [-0.4, -0.2) is 5.71 Å². The van der Waals surface area contributed by atoms with Crippen LogP contribution in [0.3, 0.4) is 0 Å². The molecule has 2 aliphatic rings. The number of benzene rings is 8. The lowest BCUT2D eigenvalue weighted by Crippen LogP contribution is -2.28. The number of aryl methyl sites for hydroxylation is 1. The zero-order valence-electron chi connectivity index (χ0n) is 35.4. The highest BCUT2D eigenvalue weighted by Crippen LogP contribution is 2.49. The Hall–Kier alpha value is -6.29. The van der Waals surface area contributed by atoms with E-state index in [0.29, 0.717) is 11.8 Å². The van der Waals surface area contributed by atoms with E-state index in [0.717, 1.165) is 43.3 Å². The van der Waals surface area contributed by atoms with E-state index < -0.39 is 0 Å². The molecule has 12 rings (SSSR count). The summed E-state index contributed by atoms with van der Waals surface area (Å²) in [4.78, 5) is 6.03. The van der Waals surface area contributed by atoms with Crippen LogP contribution in [-0.2, 0) is 6.42 Å². The lowest BCUT2D eigenvalue weighted by molar-refractivity contribution is 0.362. The van der Waals surface area contributed by atoms with Crippen molar-refractivity contribution in [2.75, 3.05) is 0 Å². The number of rotatable bonds is 5. The van der Waals surface area contributed by atoms with E-state index in [4.69, 9.17) is 9.41 Å². The van der Waals surface area contributed by atoms with Gasteiger partial charge in [0, 0.05) is 48.5 Å². The smallest absolute Gasteiger partial charge is 0.136 e. The molecule has 302 valence electrons. The summed E-state index contributed by atoms with van der Waals surface area (Å²) < 4.78 is 9.62. The fourth-order valence-corrected chi connectivity index (χ4v) is 12.6. The van der Waals surface area contributed by atoms with Crippen LogP contribution in [0.4, 0.5) is 0 Å². The summed E-state index contributed by atoms with van der Waals surface area (Å²) in [7, 11) is 0. The minimum absolute atomic E-state index is 0.0230. The van der Waals surface area contributed by atoms with Crippen LogP contribution < -0.4 is 0 Å². The Bertz CT molecular complexity index is 3350. The van der Waals surface area contributed by atoms with Crippen LogP contribution in [0, 0.1) is 11.8 Å². The van der Waals surface area contributed by atoms with Gasteiger partial charge in [-0.1, -0.05) is 153 Å². The van der Waals surface area contributed by atoms with Gasteiger partial charge in [0.15, 0.2) is 0 Å². The first kappa shape index (κ1) is 37.5. The largest absolute Gasteiger partial charge is 0.456 e. The summed E-state index contributed by atoms with van der Waals surface area (Å²) in [6.07, 6.45) is 5.24. The number of fused-ring (bicyclic) bond motifs is 10. The first-order chi connectivity index (χ1) is 30.6. The summed E-state index contributed by atoms with van der Waals surface area (Å²) in [5, 5.41) is 7.77. The van der Waals surface area contributed by atoms with Crippen molar-refractivity contribution in [1.29, 1.82) is 0 Å². The molecule has 1 aliphatic carbocycles. The molecular formula is C59H49NOS. The number of hydrogen-bond acceptors (Lipinski definition) is 3. The van der Waals surface area contributed by atoms with E-state index in [2.05, 4.69) is 184 Å². The van der Waals surface area contributed by atoms with Crippen LogP contribution in [0.2, 0.25) is 0 Å². The highest BCUT2D eigenvalue weighted by Gasteiger charge is 2.35. The molecule has 3 heteroatoms. The Kier molecular flexibility index (Phi) is 9.22. The van der Waals surface area contributed by atoms with E-state index in [1.54, 1.807) is 0 Å². The van der Waals surface area contributed by atoms with Gasteiger partial charge in [0.25, 0.3) is 0 Å². The third-order valence-corrected chi connectivity index (χ3v) is 15.6. The van der Waals surface area contributed by atoms with Gasteiger partial charge in [-0.05, 0) is 130 Å². The summed E-state index contributed by atoms with van der Waals surface area (Å²) in [6.45, 7) is 4.82. The van der Waals surface area contributed by atoms with Crippen LogP contribution in [0.15, 0.2) is 179 Å². The number of thiophene rings is 1. The monoisotopic (exact) mass is 819 g/mol. The topological polar surface area (TPSA) is 25.5 Å². The predicted octanol–water partition coefficient (Wildman–Crippen LogP) is 16.6. The third-order valence-electron chi connectivity index (χ3n) is 14.5. The van der Waals surface area contributed by atoms with Crippen LogP contribution in [0.25, 0.3) is 64.0 Å². The summed E-state index contributed by atoms with van der Waals surface area (Å²) in [5.74, 6) is 1.14. The molecule has 0 spiro atoms. The van der Waals surface area contributed by atoms with Crippen LogP contribution in [0.5, 0.6) is 0 Å². The van der Waals surface area contributed by atoms with Gasteiger partial charge in [-0.3, -0.25) is 4.99 Å². The molecule has 62 heavy (non-hydrogen) atoms. The standard InChI is InChI=1S/C59H49NOS/c1-3-43-44(41-27-30-49-48-21-12-14-24-55(48)62-56(49)35-41)28-25-36(2)58(60-59(43)37-15-5-4-6-16-37)42-33-52(57-50-22-11-13-23-53(50)61-54(57)34-42)47-29-26-40-31-38-17-7-8-18-39(38)32-51(40)46-20-10-9-19-45(46)47/h4-24,27,30-36,43-44,47,58H,3,25-26,28-29H2,1-2H3/b60-59-/t36?,43?,44?,47-,58?/m1/s1. The molecule has 0 fully saturated rings. The van der Waals surface area contributed by atoms with Gasteiger partial charge < -0.3 is 4.42 Å². The van der Waals surface area contributed by atoms with Crippen molar-refractivity contribution in [3.63, 3.8) is 0 Å². The van der Waals surface area contributed by atoms with Crippen molar-refractivity contribution in [3.8, 4) is 11.1 Å². The summed E-state index contributed by atoms with van der Waals surface area (Å²) in [6, 6.07) is 63.6. The number of furan rings is 1. The summed E-state index contributed by atoms with van der Waals surface area (Å²) >= 11 is 1.92. The summed E-state index contributed by atoms with van der Waals surface area (Å²) in [5.41, 5.74) is 14.0. The fourth-order valence-electron chi connectivity index (χ4n) is 11.4. The molecular weight excluding hydrogens is 771 g/mol. The number of aliphatic imine (C=N–C) groups is 1. The van der Waals surface area contributed by atoms with Crippen molar-refractivity contribution >= 4 is 69.9 Å². The fraction of sp³-hybridized carbons (Fsp3) is 0.203. The molecule has 1 aliphatic heterocycles. The highest BCUT2D eigenvalue weighted by molar-refractivity contribution is 7.25. The molecule has 0 saturated carbocycles. The molecule has 3 heterocycles. The Morgan fingerprint density at radius 2 is 1.32 bits per heavy atom. The molecule has 0 amide bonds. The molecule has 0 radical (unpaired) electrons. The van der Waals surface area contributed by atoms with Crippen molar-refractivity contribution in [3.05, 3.63) is 203 Å². The zero-order valence-corrected chi connectivity index (χ0v) is 36.2. The van der Waals surface area contributed by atoms with Gasteiger partial charge in [0.05, 0.1) is 6.04 Å². The molecule has 4 unspecified atom stereocenters. The molecule has 0 N–H and O–H groups in total. The maximum Gasteiger partial charge on any atom is 0.136 e. The van der Waals surface area contributed by atoms with Gasteiger partial charge in [0.1, 0.15) is 11.2 Å². The van der Waals surface area contributed by atoms with E-state index in [1.807, 2.05) is 11.3 Å². The molecule has 0 saturated heterocycles. The maximum atomic E-state index is 6.88. The number of hydrogen-bond donors (Lipinski definition) is 0. The van der Waals surface area contributed by atoms with Gasteiger partial charge in [-0.2, -0.15) is 0 Å². The van der Waals surface area contributed by atoms with Crippen LogP contribution >= 0.6 is 11.3 Å². The number of para-hydroxylation sites is 1. The van der Waals surface area contributed by atoms with E-state index in [9.17, 15) is 0 Å². The second-order valence-corrected chi connectivity index (χ2v) is 19.1. The Morgan fingerprint density at radius 3 is 2.19 bits per heavy atom. The Balaban J connectivity index is 1.03. The average Bonchev–Trinajstić information content (AvgIpc) is 3.83. The SMILES string of the molecule is CCC1/C(c2ccccc2)=N\C(c2cc([C@@H]3CCc4cc5ccccc5cc4-c4ccccc43)c3c(c2)oc2ccccc23)C(C)CCC1c1ccc2c(c1)sc1ccccc12. The minimum Gasteiger partial charge on any atom is -0.456 e. The maximum absolute atomic E-state index is 6.88. The highest BCUT2D eigenvalue weighted by atomic mass is 32.1. The van der Waals surface area contributed by atoms with Gasteiger partial charge in [0.2, 0.25) is 0 Å². The van der Waals surface area contributed by atoms with E-state index in [-0.39, 0.29) is 17.9 Å². The molecule has 0 bridgehead atoms. The predicted molar refractivity (Wildman–Crippen MR) is 263 cm³/mol. The quantitative estimate of drug-likeness (QED) is 0.170. The van der Waals surface area contributed by atoms with Crippen molar-refractivity contribution in [2.24, 2.45) is 16.8 Å². The van der Waals surface area contributed by atoms with Gasteiger partial charge in [-0.15, -0.1) is 11.3 Å². The van der Waals surface area contributed by atoms with Gasteiger partial charge in [-0.25, -0.2) is 0 Å². The number of nitrogens with zero attached hydrogens (tertiary/aromatic N) is 1. The molecule has 2 aromatic heterocycles. The van der Waals surface area contributed by atoms with E-state index in [1.165, 1.54) is 91.9 Å². The average molecular weight is 820 g/mol. The van der Waals surface area contributed by atoms with Crippen LogP contribution in [0.1, 0.15) is 90.8 Å². The Morgan fingerprint density at radius 1 is 0.581 bits per heavy atom.